The molecule has 0 aliphatic rings. The minimum Gasteiger partial charge on any atom is -0.337 e. The minimum absolute atomic E-state index is 0.0442. The van der Waals surface area contributed by atoms with Crippen LogP contribution in [0.25, 0.3) is 10.9 Å². The van der Waals surface area contributed by atoms with Crippen LogP contribution in [0.4, 0.5) is 14.5 Å². The van der Waals surface area contributed by atoms with Crippen LogP contribution < -0.4 is 10.7 Å². The Morgan fingerprint density at radius 2 is 1.56 bits per heavy atom. The van der Waals surface area contributed by atoms with Gasteiger partial charge < -0.3 is 9.88 Å². The second-order valence-electron chi connectivity index (χ2n) is 7.05. The number of benzene rings is 3. The normalized spacial score (nSPS) is 10.8. The largest absolute Gasteiger partial charge is 0.337 e. The molecule has 0 atom stereocenters. The molecule has 160 valence electrons. The van der Waals surface area contributed by atoms with Crippen LogP contribution >= 0.6 is 11.6 Å². The number of carbonyl (C=O) groups is 2. The van der Waals surface area contributed by atoms with Crippen molar-refractivity contribution in [3.63, 3.8) is 0 Å². The highest BCUT2D eigenvalue weighted by Gasteiger charge is 2.19. The summed E-state index contributed by atoms with van der Waals surface area (Å²) in [6.45, 7) is -0.241. The van der Waals surface area contributed by atoms with Gasteiger partial charge in [0.2, 0.25) is 11.3 Å². The third-order valence-corrected chi connectivity index (χ3v) is 5.09. The molecular weight excluding hydrogens is 438 g/mol. The van der Waals surface area contributed by atoms with Crippen molar-refractivity contribution in [1.82, 2.24) is 4.57 Å². The third-order valence-electron chi connectivity index (χ3n) is 4.84. The molecule has 0 saturated heterocycles. The molecule has 0 saturated carbocycles. The van der Waals surface area contributed by atoms with Crippen LogP contribution in [0.5, 0.6) is 0 Å². The number of carbonyl (C=O) groups excluding carboxylic acids is 2. The highest BCUT2D eigenvalue weighted by atomic mass is 35.5. The maximum Gasteiger partial charge on any atom is 0.244 e. The van der Waals surface area contributed by atoms with Crippen LogP contribution in [0, 0.1) is 11.6 Å². The summed E-state index contributed by atoms with van der Waals surface area (Å²) in [5.41, 5.74) is -0.0367. The van der Waals surface area contributed by atoms with Crippen LogP contribution in [0.15, 0.2) is 77.7 Å². The molecule has 1 heterocycles. The zero-order chi connectivity index (χ0) is 22.8. The van der Waals surface area contributed by atoms with E-state index < -0.39 is 28.8 Å². The van der Waals surface area contributed by atoms with Crippen molar-refractivity contribution in [3.8, 4) is 0 Å². The minimum atomic E-state index is -0.678. The van der Waals surface area contributed by atoms with Gasteiger partial charge in [0.25, 0.3) is 0 Å². The number of halogens is 3. The van der Waals surface area contributed by atoms with Crippen LogP contribution in [0.3, 0.4) is 0 Å². The first-order valence-electron chi connectivity index (χ1n) is 9.50. The molecule has 32 heavy (non-hydrogen) atoms. The number of hydrogen-bond acceptors (Lipinski definition) is 3. The van der Waals surface area contributed by atoms with E-state index in [0.29, 0.717) is 16.2 Å². The molecule has 1 aromatic heterocycles. The molecule has 0 unspecified atom stereocenters. The molecule has 0 aliphatic carbocycles. The van der Waals surface area contributed by atoms with Crippen molar-refractivity contribution in [2.45, 2.75) is 6.54 Å². The van der Waals surface area contributed by atoms with Gasteiger partial charge >= 0.3 is 0 Å². The Labute approximate surface area is 185 Å². The fraction of sp³-hybridized carbons (Fsp3) is 0.0417. The van der Waals surface area contributed by atoms with Gasteiger partial charge in [0.1, 0.15) is 18.2 Å². The van der Waals surface area contributed by atoms with Gasteiger partial charge in [-0.1, -0.05) is 11.6 Å². The average Bonchev–Trinajstić information content (AvgIpc) is 2.77. The van der Waals surface area contributed by atoms with E-state index in [1.54, 1.807) is 24.3 Å². The number of rotatable bonds is 5. The molecule has 3 aromatic carbocycles. The second-order valence-corrected chi connectivity index (χ2v) is 7.49. The van der Waals surface area contributed by atoms with E-state index in [1.165, 1.54) is 29.0 Å². The van der Waals surface area contributed by atoms with Crippen molar-refractivity contribution >= 4 is 39.9 Å². The molecule has 4 aromatic rings. The lowest BCUT2D eigenvalue weighted by Crippen LogP contribution is -2.24. The Hall–Kier alpha value is -3.84. The lowest BCUT2D eigenvalue weighted by atomic mass is 10.0. The standard InChI is InChI=1S/C24H15ClF2N2O3/c25-15-3-8-18(9-4-15)28-22(30)13-29-12-20(23(31)14-1-5-16(26)6-2-14)24(32)19-11-17(27)7-10-21(19)29/h1-12H,13H2,(H,28,30). The lowest BCUT2D eigenvalue weighted by Gasteiger charge is -2.14. The van der Waals surface area contributed by atoms with Gasteiger partial charge in [0.05, 0.1) is 11.1 Å². The summed E-state index contributed by atoms with van der Waals surface area (Å²) in [5, 5.41) is 3.17. The maximum atomic E-state index is 13.9. The van der Waals surface area contributed by atoms with Gasteiger partial charge in [-0.3, -0.25) is 14.4 Å². The smallest absolute Gasteiger partial charge is 0.244 e. The predicted octanol–water partition coefficient (Wildman–Crippen LogP) is 4.80. The second kappa shape index (κ2) is 8.72. The molecule has 0 radical (unpaired) electrons. The Bertz CT molecular complexity index is 1400. The van der Waals surface area contributed by atoms with Gasteiger partial charge in [-0.2, -0.15) is 0 Å². The zero-order valence-electron chi connectivity index (χ0n) is 16.4. The number of hydrogen-bond donors (Lipinski definition) is 1. The van der Waals surface area contributed by atoms with E-state index in [2.05, 4.69) is 5.32 Å². The van der Waals surface area contributed by atoms with Crippen molar-refractivity contribution in [3.05, 3.63) is 111 Å². The average molecular weight is 453 g/mol. The van der Waals surface area contributed by atoms with E-state index in [1.807, 2.05) is 0 Å². The zero-order valence-corrected chi connectivity index (χ0v) is 17.2. The summed E-state index contributed by atoms with van der Waals surface area (Å²) >= 11 is 5.85. The summed E-state index contributed by atoms with van der Waals surface area (Å²) in [6, 6.07) is 14.8. The number of anilines is 1. The molecule has 0 spiro atoms. The monoisotopic (exact) mass is 452 g/mol. The Morgan fingerprint density at radius 1 is 0.906 bits per heavy atom. The van der Waals surface area contributed by atoms with E-state index in [0.717, 1.165) is 24.3 Å². The molecule has 0 aliphatic heterocycles. The van der Waals surface area contributed by atoms with E-state index in [9.17, 15) is 23.2 Å². The Kier molecular flexibility index (Phi) is 5.83. The van der Waals surface area contributed by atoms with E-state index >= 15 is 0 Å². The predicted molar refractivity (Wildman–Crippen MR) is 118 cm³/mol. The molecule has 0 bridgehead atoms. The number of pyridine rings is 1. The van der Waals surface area contributed by atoms with E-state index in [4.69, 9.17) is 11.6 Å². The molecular formula is C24H15ClF2N2O3. The molecule has 1 N–H and O–H groups in total. The highest BCUT2D eigenvalue weighted by molar-refractivity contribution is 6.30. The number of fused-ring (bicyclic) bond motifs is 1. The van der Waals surface area contributed by atoms with Gasteiger partial charge in [0.15, 0.2) is 5.78 Å². The van der Waals surface area contributed by atoms with Crippen molar-refractivity contribution in [2.75, 3.05) is 5.32 Å². The molecule has 0 fully saturated rings. The fourth-order valence-corrected chi connectivity index (χ4v) is 3.43. The van der Waals surface area contributed by atoms with Crippen LogP contribution in [0.1, 0.15) is 15.9 Å². The SMILES string of the molecule is O=C(Cn1cc(C(=O)c2ccc(F)cc2)c(=O)c2cc(F)ccc21)Nc1ccc(Cl)cc1. The van der Waals surface area contributed by atoms with Crippen molar-refractivity contribution < 1.29 is 18.4 Å². The summed E-state index contributed by atoms with van der Waals surface area (Å²) < 4.78 is 28.5. The van der Waals surface area contributed by atoms with E-state index in [-0.39, 0.29) is 23.1 Å². The Morgan fingerprint density at radius 3 is 2.25 bits per heavy atom. The highest BCUT2D eigenvalue weighted by Crippen LogP contribution is 2.18. The number of nitrogens with zero attached hydrogens (tertiary/aromatic N) is 1. The first-order valence-corrected chi connectivity index (χ1v) is 9.88. The van der Waals surface area contributed by atoms with Gasteiger partial charge in [0, 0.05) is 27.9 Å². The van der Waals surface area contributed by atoms with Gasteiger partial charge in [-0.15, -0.1) is 0 Å². The van der Waals surface area contributed by atoms with Gasteiger partial charge in [-0.25, -0.2) is 8.78 Å². The van der Waals surface area contributed by atoms with Crippen LogP contribution in [0.2, 0.25) is 5.02 Å². The first kappa shape index (κ1) is 21.4. The molecule has 4 rings (SSSR count). The summed E-state index contributed by atoms with van der Waals surface area (Å²) in [5.74, 6) is -2.27. The fourth-order valence-electron chi connectivity index (χ4n) is 3.31. The molecule has 1 amide bonds. The number of aromatic nitrogens is 1. The summed E-state index contributed by atoms with van der Waals surface area (Å²) in [4.78, 5) is 38.5. The molecule has 8 heteroatoms. The summed E-state index contributed by atoms with van der Waals surface area (Å²) in [6.07, 6.45) is 1.26. The summed E-state index contributed by atoms with van der Waals surface area (Å²) in [7, 11) is 0. The number of nitrogens with one attached hydrogen (secondary N) is 1. The van der Waals surface area contributed by atoms with Gasteiger partial charge in [-0.05, 0) is 66.7 Å². The molecule has 5 nitrogen and oxygen atoms in total. The third kappa shape index (κ3) is 4.43. The topological polar surface area (TPSA) is 68.2 Å². The maximum absolute atomic E-state index is 13.9. The van der Waals surface area contributed by atoms with Crippen molar-refractivity contribution in [2.24, 2.45) is 0 Å². The van der Waals surface area contributed by atoms with Crippen LogP contribution in [-0.4, -0.2) is 16.3 Å². The quantitative estimate of drug-likeness (QED) is 0.442. The number of ketones is 1. The number of amides is 1. The lowest BCUT2D eigenvalue weighted by molar-refractivity contribution is -0.116. The Balaban J connectivity index is 1.75. The van der Waals surface area contributed by atoms with Crippen LogP contribution in [-0.2, 0) is 11.3 Å². The van der Waals surface area contributed by atoms with Crippen molar-refractivity contribution in [1.29, 1.82) is 0 Å². The first-order chi connectivity index (χ1) is 15.3.